The molecule has 0 fully saturated rings. The zero-order valence-corrected chi connectivity index (χ0v) is 14.6. The minimum absolute atomic E-state index is 0.263. The molecule has 0 atom stereocenters. The smallest absolute Gasteiger partial charge is 0.270 e. The molecule has 0 bridgehead atoms. The number of benzene rings is 2. The van der Waals surface area contributed by atoms with E-state index in [0.29, 0.717) is 22.4 Å². The van der Waals surface area contributed by atoms with E-state index in [0.717, 1.165) is 11.3 Å². The molecule has 1 heterocycles. The number of anilines is 2. The molecule has 7 heteroatoms. The van der Waals surface area contributed by atoms with Gasteiger partial charge in [0.1, 0.15) is 17.8 Å². The molecule has 25 heavy (non-hydrogen) atoms. The molecule has 3 rings (SSSR count). The van der Waals surface area contributed by atoms with E-state index in [4.69, 9.17) is 23.2 Å². The highest BCUT2D eigenvalue weighted by Gasteiger charge is 2.09. The van der Waals surface area contributed by atoms with Gasteiger partial charge in [-0.1, -0.05) is 41.4 Å². The Labute approximate surface area is 155 Å². The first-order valence-corrected chi connectivity index (χ1v) is 8.23. The normalized spacial score (nSPS) is 10.3. The van der Waals surface area contributed by atoms with Crippen LogP contribution in [-0.4, -0.2) is 15.9 Å². The number of carbonyl (C=O) groups excluding carboxylic acids is 1. The Morgan fingerprint density at radius 1 is 1.00 bits per heavy atom. The highest BCUT2D eigenvalue weighted by Crippen LogP contribution is 2.18. The largest absolute Gasteiger partial charge is 0.347 e. The summed E-state index contributed by atoms with van der Waals surface area (Å²) >= 11 is 11.9. The Hall–Kier alpha value is -2.63. The van der Waals surface area contributed by atoms with E-state index in [1.54, 1.807) is 24.3 Å². The third-order valence-electron chi connectivity index (χ3n) is 3.41. The molecule has 0 aliphatic heterocycles. The van der Waals surface area contributed by atoms with Gasteiger partial charge in [-0.3, -0.25) is 4.79 Å². The third-order valence-corrected chi connectivity index (χ3v) is 4.03. The average molecular weight is 373 g/mol. The van der Waals surface area contributed by atoms with E-state index in [1.165, 1.54) is 6.33 Å². The summed E-state index contributed by atoms with van der Waals surface area (Å²) in [6, 6.07) is 16.1. The van der Waals surface area contributed by atoms with E-state index in [2.05, 4.69) is 20.6 Å². The van der Waals surface area contributed by atoms with Crippen molar-refractivity contribution in [2.75, 3.05) is 5.32 Å². The number of aromatic nitrogens is 2. The van der Waals surface area contributed by atoms with Crippen molar-refractivity contribution in [3.05, 3.63) is 82.2 Å². The summed E-state index contributed by atoms with van der Waals surface area (Å²) in [5.41, 5.74) is 1.91. The molecule has 0 aliphatic carbocycles. The fraction of sp³-hybridized carbons (Fsp3) is 0.0556. The van der Waals surface area contributed by atoms with Crippen molar-refractivity contribution in [3.8, 4) is 0 Å². The number of hydrogen-bond donors (Lipinski definition) is 2. The minimum Gasteiger partial charge on any atom is -0.347 e. The molecule has 126 valence electrons. The average Bonchev–Trinajstić information content (AvgIpc) is 2.63. The Balaban J connectivity index is 1.67. The third kappa shape index (κ3) is 4.68. The zero-order chi connectivity index (χ0) is 17.6. The Kier molecular flexibility index (Phi) is 5.48. The van der Waals surface area contributed by atoms with Crippen LogP contribution in [0, 0.1) is 0 Å². The van der Waals surface area contributed by atoms with E-state index in [-0.39, 0.29) is 11.6 Å². The van der Waals surface area contributed by atoms with Gasteiger partial charge in [0.2, 0.25) is 0 Å². The van der Waals surface area contributed by atoms with Gasteiger partial charge in [0.05, 0.1) is 0 Å². The summed E-state index contributed by atoms with van der Waals surface area (Å²) in [5, 5.41) is 7.15. The van der Waals surface area contributed by atoms with E-state index >= 15 is 0 Å². The van der Waals surface area contributed by atoms with Gasteiger partial charge in [-0.05, 0) is 35.9 Å². The van der Waals surface area contributed by atoms with Crippen LogP contribution < -0.4 is 10.6 Å². The van der Waals surface area contributed by atoms with Crippen molar-refractivity contribution < 1.29 is 4.79 Å². The molecule has 0 saturated carbocycles. The molecule has 0 spiro atoms. The van der Waals surface area contributed by atoms with Gasteiger partial charge in [0.25, 0.3) is 5.91 Å². The Morgan fingerprint density at radius 2 is 1.76 bits per heavy atom. The summed E-state index contributed by atoms with van der Waals surface area (Å²) in [6.07, 6.45) is 1.34. The summed E-state index contributed by atoms with van der Waals surface area (Å²) in [5.74, 6) is 0.210. The molecule has 2 N–H and O–H groups in total. The molecule has 5 nitrogen and oxygen atoms in total. The molecule has 0 saturated heterocycles. The molecular formula is C18H14Cl2N4O. The second kappa shape index (κ2) is 7.96. The van der Waals surface area contributed by atoms with Crippen LogP contribution in [0.2, 0.25) is 10.0 Å². The highest BCUT2D eigenvalue weighted by molar-refractivity contribution is 6.31. The molecule has 0 radical (unpaired) electrons. The second-order valence-electron chi connectivity index (χ2n) is 5.19. The topological polar surface area (TPSA) is 66.9 Å². The molecular weight excluding hydrogens is 359 g/mol. The van der Waals surface area contributed by atoms with Gasteiger partial charge in [0, 0.05) is 28.3 Å². The number of carbonyl (C=O) groups is 1. The van der Waals surface area contributed by atoms with Crippen molar-refractivity contribution in [1.82, 2.24) is 15.3 Å². The molecule has 1 amide bonds. The van der Waals surface area contributed by atoms with Crippen LogP contribution in [0.5, 0.6) is 0 Å². The summed E-state index contributed by atoms with van der Waals surface area (Å²) < 4.78 is 0. The van der Waals surface area contributed by atoms with Crippen molar-refractivity contribution in [1.29, 1.82) is 0 Å². The summed E-state index contributed by atoms with van der Waals surface area (Å²) in [6.45, 7) is 0.322. The van der Waals surface area contributed by atoms with Gasteiger partial charge in [0.15, 0.2) is 0 Å². The van der Waals surface area contributed by atoms with E-state index < -0.39 is 0 Å². The van der Waals surface area contributed by atoms with Gasteiger partial charge >= 0.3 is 0 Å². The van der Waals surface area contributed by atoms with Crippen molar-refractivity contribution in [2.24, 2.45) is 0 Å². The molecule has 0 unspecified atom stereocenters. The van der Waals surface area contributed by atoms with Crippen molar-refractivity contribution >= 4 is 40.6 Å². The van der Waals surface area contributed by atoms with Gasteiger partial charge in [-0.2, -0.15) is 0 Å². The first-order valence-electron chi connectivity index (χ1n) is 7.48. The predicted octanol–water partition coefficient (Wildman–Crippen LogP) is 4.46. The van der Waals surface area contributed by atoms with E-state index in [9.17, 15) is 4.79 Å². The standard InChI is InChI=1S/C18H14Cl2N4O/c19-13-5-7-14(8-6-13)24-17-9-16(22-11-23-17)18(25)21-10-12-3-1-2-4-15(12)20/h1-9,11H,10H2,(H,21,25)(H,22,23,24). The van der Waals surface area contributed by atoms with Gasteiger partial charge < -0.3 is 10.6 Å². The Morgan fingerprint density at radius 3 is 2.52 bits per heavy atom. The maximum atomic E-state index is 12.3. The lowest BCUT2D eigenvalue weighted by Gasteiger charge is -2.08. The van der Waals surface area contributed by atoms with E-state index in [1.807, 2.05) is 30.3 Å². The van der Waals surface area contributed by atoms with Crippen LogP contribution in [0.4, 0.5) is 11.5 Å². The fourth-order valence-electron chi connectivity index (χ4n) is 2.14. The van der Waals surface area contributed by atoms with Crippen molar-refractivity contribution in [3.63, 3.8) is 0 Å². The number of amides is 1. The van der Waals surface area contributed by atoms with Gasteiger partial charge in [-0.25, -0.2) is 9.97 Å². The van der Waals surface area contributed by atoms with Crippen LogP contribution in [0.25, 0.3) is 0 Å². The fourth-order valence-corrected chi connectivity index (χ4v) is 2.47. The number of hydrogen-bond acceptors (Lipinski definition) is 4. The van der Waals surface area contributed by atoms with Crippen LogP contribution in [0.1, 0.15) is 16.1 Å². The summed E-state index contributed by atoms with van der Waals surface area (Å²) in [4.78, 5) is 20.4. The number of halogens is 2. The maximum absolute atomic E-state index is 12.3. The zero-order valence-electron chi connectivity index (χ0n) is 13.0. The number of nitrogens with zero attached hydrogens (tertiary/aromatic N) is 2. The molecule has 1 aromatic heterocycles. The lowest BCUT2D eigenvalue weighted by atomic mass is 10.2. The molecule has 0 aliphatic rings. The van der Waals surface area contributed by atoms with Crippen LogP contribution >= 0.6 is 23.2 Å². The second-order valence-corrected chi connectivity index (χ2v) is 6.04. The SMILES string of the molecule is O=C(NCc1ccccc1Cl)c1cc(Nc2ccc(Cl)cc2)ncn1. The quantitative estimate of drug-likeness (QED) is 0.693. The number of nitrogens with one attached hydrogen (secondary N) is 2. The van der Waals surface area contributed by atoms with Crippen LogP contribution in [-0.2, 0) is 6.54 Å². The maximum Gasteiger partial charge on any atom is 0.270 e. The molecule has 2 aromatic carbocycles. The molecule has 3 aromatic rings. The monoisotopic (exact) mass is 372 g/mol. The summed E-state index contributed by atoms with van der Waals surface area (Å²) in [7, 11) is 0. The number of rotatable bonds is 5. The first kappa shape index (κ1) is 17.2. The van der Waals surface area contributed by atoms with Crippen LogP contribution in [0.15, 0.2) is 60.9 Å². The highest BCUT2D eigenvalue weighted by atomic mass is 35.5. The van der Waals surface area contributed by atoms with Crippen LogP contribution in [0.3, 0.4) is 0 Å². The van der Waals surface area contributed by atoms with Crippen molar-refractivity contribution in [2.45, 2.75) is 6.54 Å². The van der Waals surface area contributed by atoms with Gasteiger partial charge in [-0.15, -0.1) is 0 Å². The predicted molar refractivity (Wildman–Crippen MR) is 99.4 cm³/mol. The minimum atomic E-state index is -0.304. The first-order chi connectivity index (χ1) is 12.1. The lowest BCUT2D eigenvalue weighted by molar-refractivity contribution is 0.0946. The lowest BCUT2D eigenvalue weighted by Crippen LogP contribution is -2.24. The Bertz CT molecular complexity index is 884.